The summed E-state index contributed by atoms with van der Waals surface area (Å²) < 4.78 is 44.7. The van der Waals surface area contributed by atoms with E-state index in [1.165, 1.54) is 43.7 Å². The first-order valence-electron chi connectivity index (χ1n) is 11.5. The third-order valence-corrected chi connectivity index (χ3v) is 5.79. The predicted octanol–water partition coefficient (Wildman–Crippen LogP) is 6.37. The highest BCUT2D eigenvalue weighted by Crippen LogP contribution is 2.43. The predicted molar refractivity (Wildman–Crippen MR) is 132 cm³/mol. The van der Waals surface area contributed by atoms with Crippen LogP contribution in [0.5, 0.6) is 0 Å². The molecule has 10 heteroatoms. The van der Waals surface area contributed by atoms with Gasteiger partial charge in [0.05, 0.1) is 28.2 Å². The van der Waals surface area contributed by atoms with Crippen LogP contribution in [0.4, 0.5) is 18.9 Å². The number of thiophene rings is 1. The van der Waals surface area contributed by atoms with Crippen LogP contribution in [0.2, 0.25) is 0 Å². The molecule has 1 aliphatic heterocycles. The van der Waals surface area contributed by atoms with Crippen LogP contribution in [-0.2, 0) is 13.0 Å². The molecule has 4 N–H and O–H groups in total. The zero-order valence-electron chi connectivity index (χ0n) is 20.1. The molecule has 33 heavy (non-hydrogen) atoms. The fourth-order valence-corrected chi connectivity index (χ4v) is 4.42. The Morgan fingerprint density at radius 3 is 2.24 bits per heavy atom. The van der Waals surface area contributed by atoms with E-state index in [0.717, 1.165) is 10.4 Å². The van der Waals surface area contributed by atoms with Crippen LogP contribution in [0.3, 0.4) is 0 Å². The number of nitrogens with two attached hydrogens (primary N) is 1. The third-order valence-electron chi connectivity index (χ3n) is 4.52. The van der Waals surface area contributed by atoms with Gasteiger partial charge in [-0.05, 0) is 42.9 Å². The molecule has 2 aromatic heterocycles. The number of piperidine rings is 1. The SMILES string of the molecule is C1CCNCC1.CC.CC.CNc1cccc2c(CC(F)(F)F)c(-c3noc(CN)n3)sc12. The average Bonchev–Trinajstić information content (AvgIpc) is 3.47. The van der Waals surface area contributed by atoms with Crippen molar-refractivity contribution < 1.29 is 17.7 Å². The molecule has 186 valence electrons. The van der Waals surface area contributed by atoms with Gasteiger partial charge in [0.25, 0.3) is 0 Å². The smallest absolute Gasteiger partial charge is 0.387 e. The Labute approximate surface area is 198 Å². The number of anilines is 1. The van der Waals surface area contributed by atoms with E-state index in [4.69, 9.17) is 10.3 Å². The Kier molecular flexibility index (Phi) is 13.0. The minimum absolute atomic E-state index is 0.0360. The second kappa shape index (κ2) is 14.9. The lowest BCUT2D eigenvalue weighted by Crippen LogP contribution is -2.21. The molecule has 0 saturated carbocycles. The maximum absolute atomic E-state index is 13.0. The van der Waals surface area contributed by atoms with Gasteiger partial charge in [-0.3, -0.25) is 0 Å². The molecule has 3 heterocycles. The van der Waals surface area contributed by atoms with E-state index in [1.54, 1.807) is 19.2 Å². The van der Waals surface area contributed by atoms with Crippen LogP contribution in [0.25, 0.3) is 20.8 Å². The number of fused-ring (bicyclic) bond motifs is 1. The molecule has 6 nitrogen and oxygen atoms in total. The van der Waals surface area contributed by atoms with Crippen molar-refractivity contribution >= 4 is 27.1 Å². The molecule has 0 aliphatic carbocycles. The van der Waals surface area contributed by atoms with E-state index in [9.17, 15) is 13.2 Å². The zero-order valence-corrected chi connectivity index (χ0v) is 20.9. The van der Waals surface area contributed by atoms with Crippen LogP contribution in [-0.4, -0.2) is 36.5 Å². The standard InChI is InChI=1S/C14H13F3N4OS.C5H11N.2C2H6/c1-19-9-4-2-3-7-8(5-14(15,16)17)12(23-11(7)9)13-20-10(6-18)22-21-13;1-2-4-6-5-3-1;2*1-2/h2-4,19H,5-6,18H2,1H3;6H,1-5H2;2*1-2H3. The summed E-state index contributed by atoms with van der Waals surface area (Å²) >= 11 is 1.20. The number of hydrogen-bond donors (Lipinski definition) is 3. The van der Waals surface area contributed by atoms with Gasteiger partial charge in [0, 0.05) is 7.05 Å². The second-order valence-electron chi connectivity index (χ2n) is 6.66. The molecule has 0 spiro atoms. The molecule has 1 fully saturated rings. The van der Waals surface area contributed by atoms with Crippen LogP contribution in [0.1, 0.15) is 58.4 Å². The maximum atomic E-state index is 13.0. The van der Waals surface area contributed by atoms with Gasteiger partial charge in [-0.15, -0.1) is 11.3 Å². The van der Waals surface area contributed by atoms with Gasteiger partial charge >= 0.3 is 6.18 Å². The van der Waals surface area contributed by atoms with Crippen molar-refractivity contribution in [2.75, 3.05) is 25.5 Å². The first-order chi connectivity index (χ1) is 15.9. The van der Waals surface area contributed by atoms with E-state index >= 15 is 0 Å². The molecule has 0 atom stereocenters. The number of aromatic nitrogens is 2. The van der Waals surface area contributed by atoms with Crippen LogP contribution >= 0.6 is 11.3 Å². The number of halogens is 3. The largest absolute Gasteiger partial charge is 0.393 e. The zero-order chi connectivity index (χ0) is 24.9. The van der Waals surface area contributed by atoms with E-state index < -0.39 is 12.6 Å². The second-order valence-corrected chi connectivity index (χ2v) is 7.68. The molecule has 1 saturated heterocycles. The Bertz CT molecular complexity index is 924. The lowest BCUT2D eigenvalue weighted by Gasteiger charge is -2.08. The van der Waals surface area contributed by atoms with E-state index in [2.05, 4.69) is 20.8 Å². The van der Waals surface area contributed by atoms with E-state index in [0.29, 0.717) is 10.3 Å². The number of alkyl halides is 3. The molecule has 1 aliphatic rings. The van der Waals surface area contributed by atoms with Gasteiger partial charge in [0.1, 0.15) is 0 Å². The summed E-state index contributed by atoms with van der Waals surface area (Å²) in [5.74, 6) is 0.317. The fourth-order valence-electron chi connectivity index (χ4n) is 3.16. The van der Waals surface area contributed by atoms with Gasteiger partial charge in [0.15, 0.2) is 0 Å². The Hall–Kier alpha value is -2.17. The quantitative estimate of drug-likeness (QED) is 0.396. The lowest BCUT2D eigenvalue weighted by atomic mass is 10.1. The Morgan fingerprint density at radius 2 is 1.79 bits per heavy atom. The van der Waals surface area contributed by atoms with Gasteiger partial charge in [0.2, 0.25) is 11.7 Å². The van der Waals surface area contributed by atoms with Gasteiger partial charge in [-0.1, -0.05) is 51.4 Å². The van der Waals surface area contributed by atoms with Gasteiger partial charge in [-0.2, -0.15) is 18.2 Å². The maximum Gasteiger partial charge on any atom is 0.393 e. The molecule has 1 aromatic carbocycles. The summed E-state index contributed by atoms with van der Waals surface area (Å²) in [6, 6.07) is 5.19. The summed E-state index contributed by atoms with van der Waals surface area (Å²) in [5.41, 5.74) is 6.33. The molecule has 0 bridgehead atoms. The van der Waals surface area contributed by atoms with Gasteiger partial charge in [-0.25, -0.2) is 0 Å². The third kappa shape index (κ3) is 8.60. The number of nitrogens with zero attached hydrogens (tertiary/aromatic N) is 2. The summed E-state index contributed by atoms with van der Waals surface area (Å²) in [6.45, 7) is 10.5. The fraction of sp³-hybridized carbons (Fsp3) is 0.565. The first kappa shape index (κ1) is 28.9. The molecule has 0 amide bonds. The topological polar surface area (TPSA) is 89.0 Å². The molecular weight excluding hydrogens is 451 g/mol. The van der Waals surface area contributed by atoms with Crippen molar-refractivity contribution in [1.82, 2.24) is 15.5 Å². The molecule has 4 rings (SSSR count). The highest BCUT2D eigenvalue weighted by molar-refractivity contribution is 7.23. The minimum atomic E-state index is -4.33. The first-order valence-corrected chi connectivity index (χ1v) is 12.3. The van der Waals surface area contributed by atoms with Crippen molar-refractivity contribution in [2.24, 2.45) is 5.73 Å². The van der Waals surface area contributed by atoms with Crippen molar-refractivity contribution in [3.63, 3.8) is 0 Å². The number of rotatable bonds is 4. The van der Waals surface area contributed by atoms with Crippen molar-refractivity contribution in [3.8, 4) is 10.7 Å². The van der Waals surface area contributed by atoms with Crippen molar-refractivity contribution in [3.05, 3.63) is 29.7 Å². The number of benzene rings is 1. The minimum Gasteiger partial charge on any atom is -0.387 e. The van der Waals surface area contributed by atoms with Gasteiger partial charge < -0.3 is 20.9 Å². The van der Waals surface area contributed by atoms with Crippen LogP contribution in [0.15, 0.2) is 22.7 Å². The molecule has 0 radical (unpaired) electrons. The molecule has 0 unspecified atom stereocenters. The monoisotopic (exact) mass is 487 g/mol. The summed E-state index contributed by atoms with van der Waals surface area (Å²) in [4.78, 5) is 4.41. The van der Waals surface area contributed by atoms with Crippen LogP contribution < -0.4 is 16.4 Å². The molecular formula is C23H36F3N5OS. The normalized spacial score (nSPS) is 13.1. The average molecular weight is 488 g/mol. The van der Waals surface area contributed by atoms with E-state index in [1.807, 2.05) is 33.8 Å². The Morgan fingerprint density at radius 1 is 1.12 bits per heavy atom. The van der Waals surface area contributed by atoms with E-state index in [-0.39, 0.29) is 23.8 Å². The summed E-state index contributed by atoms with van der Waals surface area (Å²) in [6.07, 6.45) is -1.17. The van der Waals surface area contributed by atoms with Crippen LogP contribution in [0, 0.1) is 0 Å². The highest BCUT2D eigenvalue weighted by atomic mass is 32.1. The lowest BCUT2D eigenvalue weighted by molar-refractivity contribution is -0.126. The highest BCUT2D eigenvalue weighted by Gasteiger charge is 2.32. The summed E-state index contributed by atoms with van der Waals surface area (Å²) in [7, 11) is 1.72. The van der Waals surface area contributed by atoms with Crippen molar-refractivity contribution in [1.29, 1.82) is 0 Å². The molecule has 3 aromatic rings. The number of nitrogens with one attached hydrogen (secondary N) is 2. The summed E-state index contributed by atoms with van der Waals surface area (Å²) in [5, 5.41) is 10.6. The Balaban J connectivity index is 0.000000460. The van der Waals surface area contributed by atoms with Crippen molar-refractivity contribution in [2.45, 2.75) is 66.1 Å². The number of hydrogen-bond acceptors (Lipinski definition) is 7.